The molecule has 0 N–H and O–H groups in total. The van der Waals surface area contributed by atoms with E-state index in [2.05, 4.69) is 4.98 Å². The lowest BCUT2D eigenvalue weighted by molar-refractivity contribution is -0.149. The van der Waals surface area contributed by atoms with E-state index in [9.17, 15) is 9.59 Å². The molecule has 3 aromatic rings. The summed E-state index contributed by atoms with van der Waals surface area (Å²) >= 11 is 7.33. The number of esters is 1. The van der Waals surface area contributed by atoms with Crippen LogP contribution in [0.25, 0.3) is 21.3 Å². The largest absolute Gasteiger partial charge is 0.461 e. The van der Waals surface area contributed by atoms with Crippen molar-refractivity contribution in [3.8, 4) is 11.1 Å². The van der Waals surface area contributed by atoms with Gasteiger partial charge >= 0.3 is 5.97 Å². The molecule has 3 rings (SSSR count). The number of fused-ring (bicyclic) bond motifs is 1. The summed E-state index contributed by atoms with van der Waals surface area (Å²) in [7, 11) is 0. The zero-order valence-corrected chi connectivity index (χ0v) is 15.4. The average molecular weight is 377 g/mol. The zero-order chi connectivity index (χ0) is 18.0. The highest BCUT2D eigenvalue weighted by Crippen LogP contribution is 2.31. The summed E-state index contributed by atoms with van der Waals surface area (Å²) in [5.74, 6) is -0.444. The van der Waals surface area contributed by atoms with Crippen molar-refractivity contribution in [1.82, 2.24) is 9.55 Å². The summed E-state index contributed by atoms with van der Waals surface area (Å²) in [6.45, 7) is 3.60. The van der Waals surface area contributed by atoms with Crippen LogP contribution in [0.15, 0.2) is 40.8 Å². The topological polar surface area (TPSA) is 61.2 Å². The fraction of sp³-hybridized carbons (Fsp3) is 0.278. The maximum Gasteiger partial charge on any atom is 0.326 e. The van der Waals surface area contributed by atoms with E-state index in [0.29, 0.717) is 15.2 Å². The smallest absolute Gasteiger partial charge is 0.326 e. The normalized spacial score (nSPS) is 12.3. The molecule has 0 aliphatic heterocycles. The summed E-state index contributed by atoms with van der Waals surface area (Å²) in [6.07, 6.45) is 1.94. The van der Waals surface area contributed by atoms with Gasteiger partial charge in [-0.3, -0.25) is 14.2 Å². The minimum absolute atomic E-state index is 0.151. The monoisotopic (exact) mass is 376 g/mol. The van der Waals surface area contributed by atoms with Crippen molar-refractivity contribution >= 4 is 39.1 Å². The lowest BCUT2D eigenvalue weighted by Gasteiger charge is -2.11. The Morgan fingerprint density at radius 1 is 1.36 bits per heavy atom. The third-order valence-electron chi connectivity index (χ3n) is 3.92. The summed E-state index contributed by atoms with van der Waals surface area (Å²) in [5, 5.41) is 3.03. The van der Waals surface area contributed by atoms with Crippen LogP contribution in [0.2, 0.25) is 5.02 Å². The van der Waals surface area contributed by atoms with Gasteiger partial charge in [-0.2, -0.15) is 0 Å². The Hall–Kier alpha value is -2.18. The molecule has 0 unspecified atom stereocenters. The molecule has 0 aliphatic rings. The number of carbonyl (C=O) groups is 1. The predicted octanol–water partition coefficient (Wildman–Crippen LogP) is 4.12. The fourth-order valence-corrected chi connectivity index (χ4v) is 3.44. The van der Waals surface area contributed by atoms with Gasteiger partial charge in [0, 0.05) is 16.0 Å². The Kier molecular flexibility index (Phi) is 5.20. The molecule has 0 saturated carbocycles. The number of nitrogens with zero attached hydrogens (tertiary/aromatic N) is 2. The first kappa shape index (κ1) is 17.6. The van der Waals surface area contributed by atoms with Crippen LogP contribution in [0.1, 0.15) is 20.3 Å². The van der Waals surface area contributed by atoms with Crippen LogP contribution in [0.5, 0.6) is 0 Å². The second-order valence-electron chi connectivity index (χ2n) is 5.72. The first-order valence-corrected chi connectivity index (χ1v) is 9.17. The number of hydrogen-bond donors (Lipinski definition) is 0. The van der Waals surface area contributed by atoms with Gasteiger partial charge in [-0.1, -0.05) is 30.7 Å². The number of ether oxygens (including phenoxy) is 1. The molecule has 0 spiro atoms. The van der Waals surface area contributed by atoms with Crippen molar-refractivity contribution in [3.63, 3.8) is 0 Å². The second kappa shape index (κ2) is 7.37. The van der Waals surface area contributed by atoms with Gasteiger partial charge in [0.2, 0.25) is 0 Å². The van der Waals surface area contributed by atoms with E-state index in [1.807, 2.05) is 31.4 Å². The lowest BCUT2D eigenvalue weighted by atomic mass is 10.1. The van der Waals surface area contributed by atoms with E-state index in [-0.39, 0.29) is 18.2 Å². The molecule has 0 aliphatic carbocycles. The average Bonchev–Trinajstić information content (AvgIpc) is 3.02. The van der Waals surface area contributed by atoms with Crippen molar-refractivity contribution in [3.05, 3.63) is 51.3 Å². The Balaban J connectivity index is 1.99. The van der Waals surface area contributed by atoms with Crippen LogP contribution in [0.4, 0.5) is 0 Å². The van der Waals surface area contributed by atoms with E-state index in [1.165, 1.54) is 22.2 Å². The number of aromatic nitrogens is 2. The van der Waals surface area contributed by atoms with Crippen LogP contribution in [-0.4, -0.2) is 21.6 Å². The van der Waals surface area contributed by atoms with E-state index in [4.69, 9.17) is 16.3 Å². The van der Waals surface area contributed by atoms with E-state index < -0.39 is 5.97 Å². The fourth-order valence-electron chi connectivity index (χ4n) is 2.41. The lowest BCUT2D eigenvalue weighted by Crippen LogP contribution is -2.27. The van der Waals surface area contributed by atoms with E-state index >= 15 is 0 Å². The maximum absolute atomic E-state index is 12.8. The number of hydrogen-bond acceptors (Lipinski definition) is 5. The first-order valence-electron chi connectivity index (χ1n) is 7.91. The number of benzene rings is 1. The van der Waals surface area contributed by atoms with Crippen molar-refractivity contribution < 1.29 is 9.53 Å². The molecule has 7 heteroatoms. The van der Waals surface area contributed by atoms with E-state index in [1.54, 1.807) is 12.1 Å². The van der Waals surface area contributed by atoms with Gasteiger partial charge in [0.25, 0.3) is 5.56 Å². The maximum atomic E-state index is 12.8. The Morgan fingerprint density at radius 3 is 2.76 bits per heavy atom. The molecule has 130 valence electrons. The standard InChI is InChI=1S/C18H17ClN2O3S/c1-3-11(2)24-15(22)8-21-10-20-17-16(18(21)23)14(9-25-17)12-4-6-13(19)7-5-12/h4-7,9-11H,3,8H2,1-2H3/t11-/m0/s1. The van der Waals surface area contributed by atoms with Gasteiger partial charge in [0.05, 0.1) is 17.8 Å². The van der Waals surface area contributed by atoms with Crippen molar-refractivity contribution in [2.75, 3.05) is 0 Å². The van der Waals surface area contributed by atoms with Crippen LogP contribution in [0, 0.1) is 0 Å². The van der Waals surface area contributed by atoms with E-state index in [0.717, 1.165) is 17.5 Å². The van der Waals surface area contributed by atoms with Crippen LogP contribution in [-0.2, 0) is 16.1 Å². The van der Waals surface area contributed by atoms with Crippen LogP contribution in [0.3, 0.4) is 0 Å². The molecule has 0 bridgehead atoms. The van der Waals surface area contributed by atoms with Crippen LogP contribution >= 0.6 is 22.9 Å². The second-order valence-corrected chi connectivity index (χ2v) is 7.02. The molecule has 0 fully saturated rings. The van der Waals surface area contributed by atoms with Gasteiger partial charge < -0.3 is 4.74 Å². The molecular formula is C18H17ClN2O3S. The molecular weight excluding hydrogens is 360 g/mol. The number of halogens is 1. The van der Waals surface area contributed by atoms with Crippen molar-refractivity contribution in [2.24, 2.45) is 0 Å². The number of rotatable bonds is 5. The molecule has 2 aromatic heterocycles. The molecule has 0 saturated heterocycles. The van der Waals surface area contributed by atoms with Gasteiger partial charge in [0.15, 0.2) is 0 Å². The summed E-state index contributed by atoms with van der Waals surface area (Å²) in [5.41, 5.74) is 1.42. The minimum atomic E-state index is -0.444. The van der Waals surface area contributed by atoms with Gasteiger partial charge in [-0.05, 0) is 31.0 Å². The molecule has 0 radical (unpaired) electrons. The van der Waals surface area contributed by atoms with Crippen molar-refractivity contribution in [1.29, 1.82) is 0 Å². The molecule has 1 aromatic carbocycles. The highest BCUT2D eigenvalue weighted by atomic mass is 35.5. The Morgan fingerprint density at radius 2 is 2.08 bits per heavy atom. The molecule has 5 nitrogen and oxygen atoms in total. The summed E-state index contributed by atoms with van der Waals surface area (Å²) in [6, 6.07) is 7.27. The third-order valence-corrected chi connectivity index (χ3v) is 5.06. The predicted molar refractivity (Wildman–Crippen MR) is 100 cm³/mol. The molecule has 1 atom stereocenters. The number of thiophene rings is 1. The molecule has 25 heavy (non-hydrogen) atoms. The highest BCUT2D eigenvalue weighted by molar-refractivity contribution is 7.17. The Labute approximate surface area is 153 Å². The number of carbonyl (C=O) groups excluding carboxylic acids is 1. The molecule has 0 amide bonds. The van der Waals surface area contributed by atoms with Crippen molar-refractivity contribution in [2.45, 2.75) is 32.9 Å². The quantitative estimate of drug-likeness (QED) is 0.628. The van der Waals surface area contributed by atoms with Gasteiger partial charge in [-0.25, -0.2) is 4.98 Å². The van der Waals surface area contributed by atoms with Gasteiger partial charge in [0.1, 0.15) is 11.4 Å². The summed E-state index contributed by atoms with van der Waals surface area (Å²) < 4.78 is 6.53. The summed E-state index contributed by atoms with van der Waals surface area (Å²) in [4.78, 5) is 29.8. The molecule has 2 heterocycles. The third kappa shape index (κ3) is 3.75. The minimum Gasteiger partial charge on any atom is -0.461 e. The van der Waals surface area contributed by atoms with Gasteiger partial charge in [-0.15, -0.1) is 11.3 Å². The first-order chi connectivity index (χ1) is 12.0. The highest BCUT2D eigenvalue weighted by Gasteiger charge is 2.16. The van der Waals surface area contributed by atoms with Crippen LogP contribution < -0.4 is 5.56 Å². The Bertz CT molecular complexity index is 963. The SMILES string of the molecule is CC[C@H](C)OC(=O)Cn1cnc2scc(-c3ccc(Cl)cc3)c2c1=O. The zero-order valence-electron chi connectivity index (χ0n) is 13.9.